The van der Waals surface area contributed by atoms with E-state index in [9.17, 15) is 4.79 Å². The number of fused-ring (bicyclic) bond motifs is 1. The van der Waals surface area contributed by atoms with Gasteiger partial charge in [-0.05, 0) is 44.4 Å². The highest BCUT2D eigenvalue weighted by Crippen LogP contribution is 2.42. The molecule has 0 N–H and O–H groups in total. The zero-order valence-corrected chi connectivity index (χ0v) is 13.3. The lowest BCUT2D eigenvalue weighted by Gasteiger charge is -2.10. The molecule has 4 rings (SSSR count). The first-order valence-electron chi connectivity index (χ1n) is 7.67. The quantitative estimate of drug-likeness (QED) is 0.685. The van der Waals surface area contributed by atoms with E-state index in [1.807, 2.05) is 25.1 Å². The second-order valence-corrected chi connectivity index (χ2v) is 6.08. The summed E-state index contributed by atoms with van der Waals surface area (Å²) < 4.78 is 16.4. The minimum absolute atomic E-state index is 0.326. The Morgan fingerprint density at radius 3 is 2.65 bits per heavy atom. The van der Waals surface area contributed by atoms with E-state index in [1.165, 1.54) is 0 Å². The van der Waals surface area contributed by atoms with Gasteiger partial charge in [0.1, 0.15) is 22.8 Å². The van der Waals surface area contributed by atoms with Crippen LogP contribution in [0, 0.1) is 13.8 Å². The number of benzene rings is 1. The Labute approximate surface area is 132 Å². The fraction of sp³-hybridized carbons (Fsp3) is 0.333. The number of ether oxygens (including phenoxy) is 1. The van der Waals surface area contributed by atoms with Crippen LogP contribution in [0.15, 0.2) is 31.9 Å². The smallest absolute Gasteiger partial charge is 0.339 e. The highest BCUT2D eigenvalue weighted by molar-refractivity contribution is 5.91. The lowest BCUT2D eigenvalue weighted by Crippen LogP contribution is -2.06. The Morgan fingerprint density at radius 1 is 1.17 bits per heavy atom. The second-order valence-electron chi connectivity index (χ2n) is 6.08. The van der Waals surface area contributed by atoms with Crippen LogP contribution in [0.25, 0.3) is 22.2 Å². The molecule has 0 aliphatic heterocycles. The first-order chi connectivity index (χ1) is 11.1. The van der Waals surface area contributed by atoms with Gasteiger partial charge in [-0.3, -0.25) is 0 Å². The molecule has 0 spiro atoms. The molecular weight excluding hydrogens is 294 g/mol. The number of methoxy groups -OCH3 is 1. The van der Waals surface area contributed by atoms with E-state index >= 15 is 0 Å². The topological polar surface area (TPSA) is 65.5 Å². The summed E-state index contributed by atoms with van der Waals surface area (Å²) in [5.41, 5.74) is 3.19. The van der Waals surface area contributed by atoms with Crippen molar-refractivity contribution in [3.05, 3.63) is 45.5 Å². The molecule has 0 atom stereocenters. The molecule has 0 unspecified atom stereocenters. The van der Waals surface area contributed by atoms with Gasteiger partial charge in [-0.2, -0.15) is 0 Å². The van der Waals surface area contributed by atoms with Gasteiger partial charge in [-0.25, -0.2) is 4.79 Å². The number of hydrogen-bond acceptors (Lipinski definition) is 5. The van der Waals surface area contributed by atoms with Gasteiger partial charge in [-0.15, -0.1) is 0 Å². The summed E-state index contributed by atoms with van der Waals surface area (Å²) in [5.74, 6) is 2.08. The third-order valence-electron chi connectivity index (χ3n) is 4.54. The van der Waals surface area contributed by atoms with Crippen LogP contribution in [0.2, 0.25) is 0 Å². The van der Waals surface area contributed by atoms with Crippen molar-refractivity contribution < 1.29 is 13.7 Å². The van der Waals surface area contributed by atoms with E-state index in [-0.39, 0.29) is 5.63 Å². The predicted octanol–water partition coefficient (Wildman–Crippen LogP) is 3.95. The highest BCUT2D eigenvalue weighted by atomic mass is 16.5. The molecule has 0 bridgehead atoms. The largest absolute Gasteiger partial charge is 0.496 e. The fourth-order valence-corrected chi connectivity index (χ4v) is 2.85. The highest BCUT2D eigenvalue weighted by Gasteiger charge is 2.28. The van der Waals surface area contributed by atoms with Crippen LogP contribution in [0.4, 0.5) is 0 Å². The van der Waals surface area contributed by atoms with Gasteiger partial charge in [0.25, 0.3) is 0 Å². The maximum absolute atomic E-state index is 12.0. The zero-order chi connectivity index (χ0) is 16.1. The standard InChI is InChI=1S/C18H17NO4/c1-9-10(2)18(20)22-16-7-12(6-15(21-3)17(9)16)13-8-14(23-19-13)11-4-5-11/h6-8,11H,4-5H2,1-3H3. The molecule has 1 aromatic carbocycles. The Kier molecular flexibility index (Phi) is 3.04. The van der Waals surface area contributed by atoms with Crippen molar-refractivity contribution in [2.45, 2.75) is 32.6 Å². The molecule has 3 aromatic rings. The van der Waals surface area contributed by atoms with Gasteiger partial charge in [0.05, 0.1) is 12.5 Å². The summed E-state index contributed by atoms with van der Waals surface area (Å²) in [4.78, 5) is 12.0. The average molecular weight is 311 g/mol. The lowest BCUT2D eigenvalue weighted by atomic mass is 10.0. The van der Waals surface area contributed by atoms with Gasteiger partial charge in [0, 0.05) is 23.1 Å². The normalized spacial score (nSPS) is 14.4. The van der Waals surface area contributed by atoms with Crippen molar-refractivity contribution >= 4 is 11.0 Å². The van der Waals surface area contributed by atoms with Gasteiger partial charge < -0.3 is 13.7 Å². The van der Waals surface area contributed by atoms with Crippen LogP contribution in [-0.2, 0) is 0 Å². The molecule has 5 nitrogen and oxygen atoms in total. The van der Waals surface area contributed by atoms with E-state index in [1.54, 1.807) is 14.0 Å². The molecule has 23 heavy (non-hydrogen) atoms. The molecule has 5 heteroatoms. The van der Waals surface area contributed by atoms with Crippen LogP contribution in [0.3, 0.4) is 0 Å². The minimum atomic E-state index is -0.326. The third kappa shape index (κ3) is 2.23. The van der Waals surface area contributed by atoms with Gasteiger partial charge in [-0.1, -0.05) is 5.16 Å². The fourth-order valence-electron chi connectivity index (χ4n) is 2.85. The number of aromatic nitrogens is 1. The molecule has 1 saturated carbocycles. The van der Waals surface area contributed by atoms with Crippen molar-refractivity contribution in [3.63, 3.8) is 0 Å². The van der Waals surface area contributed by atoms with E-state index in [4.69, 9.17) is 13.7 Å². The van der Waals surface area contributed by atoms with E-state index in [0.29, 0.717) is 22.8 Å². The van der Waals surface area contributed by atoms with Crippen LogP contribution in [0.5, 0.6) is 5.75 Å². The molecule has 1 fully saturated rings. The van der Waals surface area contributed by atoms with Crippen LogP contribution in [0.1, 0.15) is 35.6 Å². The molecule has 2 heterocycles. The van der Waals surface area contributed by atoms with Gasteiger partial charge >= 0.3 is 5.63 Å². The van der Waals surface area contributed by atoms with Crippen molar-refractivity contribution in [1.29, 1.82) is 0 Å². The molecule has 0 radical (unpaired) electrons. The molecule has 118 valence electrons. The second kappa shape index (κ2) is 4.98. The van der Waals surface area contributed by atoms with Crippen molar-refractivity contribution in [3.8, 4) is 17.0 Å². The molecule has 1 aliphatic carbocycles. The Morgan fingerprint density at radius 2 is 1.96 bits per heavy atom. The number of rotatable bonds is 3. The molecular formula is C18H17NO4. The van der Waals surface area contributed by atoms with Crippen molar-refractivity contribution in [2.75, 3.05) is 7.11 Å². The van der Waals surface area contributed by atoms with Crippen LogP contribution in [-0.4, -0.2) is 12.3 Å². The zero-order valence-electron chi connectivity index (χ0n) is 13.3. The first kappa shape index (κ1) is 14.1. The van der Waals surface area contributed by atoms with E-state index < -0.39 is 0 Å². The number of hydrogen-bond donors (Lipinski definition) is 0. The number of aryl methyl sites for hydroxylation is 1. The molecule has 1 aliphatic rings. The SMILES string of the molecule is COc1cc(-c2cc(C3CC3)on2)cc2oc(=O)c(C)c(C)c12. The third-order valence-corrected chi connectivity index (χ3v) is 4.54. The van der Waals surface area contributed by atoms with E-state index in [0.717, 1.165) is 40.8 Å². The van der Waals surface area contributed by atoms with Crippen LogP contribution >= 0.6 is 0 Å². The van der Waals surface area contributed by atoms with E-state index in [2.05, 4.69) is 5.16 Å². The summed E-state index contributed by atoms with van der Waals surface area (Å²) >= 11 is 0. The first-order valence-corrected chi connectivity index (χ1v) is 7.67. The maximum Gasteiger partial charge on any atom is 0.339 e. The lowest BCUT2D eigenvalue weighted by molar-refractivity contribution is 0.386. The van der Waals surface area contributed by atoms with Crippen LogP contribution < -0.4 is 10.4 Å². The predicted molar refractivity (Wildman–Crippen MR) is 86.0 cm³/mol. The minimum Gasteiger partial charge on any atom is -0.496 e. The molecule has 0 saturated heterocycles. The molecule has 0 amide bonds. The van der Waals surface area contributed by atoms with Crippen molar-refractivity contribution in [2.24, 2.45) is 0 Å². The maximum atomic E-state index is 12.0. The van der Waals surface area contributed by atoms with Crippen molar-refractivity contribution in [1.82, 2.24) is 5.16 Å². The Bertz CT molecular complexity index is 963. The Hall–Kier alpha value is -2.56. The van der Waals surface area contributed by atoms with Gasteiger partial charge in [0.15, 0.2) is 0 Å². The summed E-state index contributed by atoms with van der Waals surface area (Å²) in [6.45, 7) is 3.66. The monoisotopic (exact) mass is 311 g/mol. The number of nitrogens with zero attached hydrogens (tertiary/aromatic N) is 1. The summed E-state index contributed by atoms with van der Waals surface area (Å²) in [5, 5.41) is 4.96. The van der Waals surface area contributed by atoms with Gasteiger partial charge in [0.2, 0.25) is 0 Å². The average Bonchev–Trinajstić information content (AvgIpc) is 3.28. The molecule has 2 aromatic heterocycles. The summed E-state index contributed by atoms with van der Waals surface area (Å²) in [6.07, 6.45) is 2.31. The summed E-state index contributed by atoms with van der Waals surface area (Å²) in [7, 11) is 1.61. The Balaban J connectivity index is 1.94. The summed E-state index contributed by atoms with van der Waals surface area (Å²) in [6, 6.07) is 5.68.